The summed E-state index contributed by atoms with van der Waals surface area (Å²) in [6.45, 7) is 0. The third-order valence-corrected chi connectivity index (χ3v) is 0. The molecule has 0 aliphatic carbocycles. The van der Waals surface area contributed by atoms with Crippen LogP contribution in [0, 0.1) is 0 Å². The molecule has 2 N–H and O–H groups in total. The van der Waals surface area contributed by atoms with Crippen LogP contribution in [0.15, 0.2) is 0 Å². The van der Waals surface area contributed by atoms with E-state index in [2.05, 4.69) is 0 Å². The quantitative estimate of drug-likeness (QED) is 0.557. The van der Waals surface area contributed by atoms with Crippen molar-refractivity contribution in [3.05, 3.63) is 0 Å². The Hall–Kier alpha value is 1.71. The molecule has 0 fully saturated rings. The molecule has 0 aliphatic heterocycles. The van der Waals surface area contributed by atoms with E-state index < -0.39 is 28.3 Å². The topological polar surface area (TPSA) is 57.5 Å². The van der Waals surface area contributed by atoms with E-state index in [0.717, 1.165) is 0 Å². The molecule has 7 heteroatoms. The van der Waals surface area contributed by atoms with Gasteiger partial charge in [0.15, 0.2) is 0 Å². The van der Waals surface area contributed by atoms with E-state index in [4.69, 9.17) is 31.5 Å². The summed E-state index contributed by atoms with van der Waals surface area (Å²) in [5.41, 5.74) is 0. The molecule has 0 atom stereocenters. The average Bonchev–Trinajstić information content (AvgIpc) is 1.33. The van der Waals surface area contributed by atoms with Crippen LogP contribution in [-0.2, 0) is 49.4 Å². The van der Waals surface area contributed by atoms with Crippen LogP contribution in [-0.4, -0.2) is 16.4 Å². The van der Waals surface area contributed by atoms with Gasteiger partial charge in [0.05, 0.1) is 0 Å². The van der Waals surface area contributed by atoms with Crippen LogP contribution in [0.5, 0.6) is 0 Å². The van der Waals surface area contributed by atoms with Gasteiger partial charge in [0.25, 0.3) is 0 Å². The summed E-state index contributed by atoms with van der Waals surface area (Å²) >= 11 is -1.14. The standard InChI is InChI=1S/CH2O3.Cd.2ClH.Hg/c2-1(3)4;;;;/h(H2,2,3,4);;2*1H;/q;;;;+2/p-2. The first-order valence-electron chi connectivity index (χ1n) is 1.19. The molecule has 0 saturated carbocycles. The fourth-order valence-corrected chi connectivity index (χ4v) is 0. The van der Waals surface area contributed by atoms with Gasteiger partial charge in [-0.05, 0) is 0 Å². The molecular weight excluding hydrogens is 444 g/mol. The number of carbonyl (C=O) groups is 1. The van der Waals surface area contributed by atoms with Crippen LogP contribution in [0.25, 0.3) is 0 Å². The number of carboxylic acid groups (broad SMARTS) is 2. The second kappa shape index (κ2) is 15.9. The SMILES string of the molecule is O=C(O)O.[Cd].[Cl][Hg][Cl]. The zero-order valence-electron chi connectivity index (χ0n) is 3.97. The van der Waals surface area contributed by atoms with Crippen molar-refractivity contribution in [1.82, 2.24) is 0 Å². The van der Waals surface area contributed by atoms with Crippen molar-refractivity contribution in [1.29, 1.82) is 0 Å². The van der Waals surface area contributed by atoms with Crippen LogP contribution in [0.3, 0.4) is 0 Å². The maximum atomic E-state index is 8.56. The molecule has 0 bridgehead atoms. The van der Waals surface area contributed by atoms with Gasteiger partial charge in [0.2, 0.25) is 0 Å². The minimum atomic E-state index is -1.83. The third-order valence-electron chi connectivity index (χ3n) is 0. The minimum absolute atomic E-state index is 0. The van der Waals surface area contributed by atoms with Gasteiger partial charge in [-0.15, -0.1) is 0 Å². The molecule has 0 heterocycles. The zero-order valence-corrected chi connectivity index (χ0v) is 15.0. The molecule has 0 saturated heterocycles. The molecule has 0 aliphatic rings. The second-order valence-corrected chi connectivity index (χ2v) is 8.26. The molecule has 0 spiro atoms. The van der Waals surface area contributed by atoms with Crippen molar-refractivity contribution < 1.29 is 64.4 Å². The summed E-state index contributed by atoms with van der Waals surface area (Å²) in [7, 11) is 9.97. The van der Waals surface area contributed by atoms with Gasteiger partial charge in [0, 0.05) is 27.3 Å². The average molecular weight is 446 g/mol. The van der Waals surface area contributed by atoms with Gasteiger partial charge >= 0.3 is 44.8 Å². The molecule has 42 valence electrons. The van der Waals surface area contributed by atoms with Crippen molar-refractivity contribution in [2.24, 2.45) is 0 Å². The predicted octanol–water partition coefficient (Wildman–Crippen LogP) is 1.60. The van der Waals surface area contributed by atoms with Crippen molar-refractivity contribution in [3.8, 4) is 0 Å². The fourth-order valence-electron chi connectivity index (χ4n) is 0. The zero-order chi connectivity index (χ0) is 6.28. The van der Waals surface area contributed by atoms with Crippen LogP contribution >= 0.6 is 16.5 Å². The van der Waals surface area contributed by atoms with Crippen molar-refractivity contribution in [2.45, 2.75) is 0 Å². The Balaban J connectivity index is -0.0000000575. The molecule has 0 aromatic rings. The van der Waals surface area contributed by atoms with Crippen LogP contribution in [0.4, 0.5) is 4.79 Å². The summed E-state index contributed by atoms with van der Waals surface area (Å²) in [4.78, 5) is 8.56. The van der Waals surface area contributed by atoms with Crippen LogP contribution in [0.1, 0.15) is 0 Å². The molecular formula is CH2CdCl2HgO3. The first-order valence-corrected chi connectivity index (χ1v) is 14.7. The summed E-state index contributed by atoms with van der Waals surface area (Å²) in [5, 5.41) is 13.9. The fraction of sp³-hybridized carbons (Fsp3) is 0. The van der Waals surface area contributed by atoms with Gasteiger partial charge in [0.1, 0.15) is 0 Å². The first kappa shape index (κ1) is 16.4. The Morgan fingerprint density at radius 3 is 1.38 bits per heavy atom. The number of halogens is 2. The Bertz CT molecular complexity index is 48.5. The molecule has 0 unspecified atom stereocenters. The van der Waals surface area contributed by atoms with E-state index in [-0.39, 0.29) is 27.3 Å². The number of rotatable bonds is 0. The van der Waals surface area contributed by atoms with Crippen molar-refractivity contribution >= 4 is 22.7 Å². The van der Waals surface area contributed by atoms with Gasteiger partial charge in [-0.2, -0.15) is 0 Å². The van der Waals surface area contributed by atoms with E-state index in [1.165, 1.54) is 0 Å². The van der Waals surface area contributed by atoms with Crippen molar-refractivity contribution in [3.63, 3.8) is 0 Å². The van der Waals surface area contributed by atoms with Gasteiger partial charge in [-0.25, -0.2) is 4.79 Å². The summed E-state index contributed by atoms with van der Waals surface area (Å²) < 4.78 is 0. The van der Waals surface area contributed by atoms with Gasteiger partial charge in [-0.3, -0.25) is 0 Å². The van der Waals surface area contributed by atoms with Gasteiger partial charge in [-0.1, -0.05) is 0 Å². The molecule has 0 rings (SSSR count). The Labute approximate surface area is 85.8 Å². The van der Waals surface area contributed by atoms with Crippen LogP contribution in [0.2, 0.25) is 0 Å². The van der Waals surface area contributed by atoms with Crippen molar-refractivity contribution in [2.75, 3.05) is 0 Å². The number of hydrogen-bond acceptors (Lipinski definition) is 1. The molecule has 8 heavy (non-hydrogen) atoms. The van der Waals surface area contributed by atoms with E-state index >= 15 is 0 Å². The van der Waals surface area contributed by atoms with E-state index in [0.29, 0.717) is 0 Å². The monoisotopic (exact) mass is 448 g/mol. The normalized spacial score (nSPS) is 4.25. The molecule has 0 aromatic carbocycles. The van der Waals surface area contributed by atoms with E-state index in [1.54, 1.807) is 0 Å². The second-order valence-electron chi connectivity index (χ2n) is 0.384. The summed E-state index contributed by atoms with van der Waals surface area (Å²) in [6.07, 6.45) is -1.83. The Morgan fingerprint density at radius 2 is 1.38 bits per heavy atom. The molecule has 0 amide bonds. The Morgan fingerprint density at radius 1 is 1.38 bits per heavy atom. The summed E-state index contributed by atoms with van der Waals surface area (Å²) in [5.74, 6) is 0. The van der Waals surface area contributed by atoms with E-state index in [1.807, 2.05) is 0 Å². The number of hydrogen-bond donors (Lipinski definition) is 2. The predicted molar refractivity (Wildman–Crippen MR) is 22.4 cm³/mol. The summed E-state index contributed by atoms with van der Waals surface area (Å²) in [6, 6.07) is 0. The van der Waals surface area contributed by atoms with E-state index in [9.17, 15) is 0 Å². The molecule has 3 nitrogen and oxygen atoms in total. The van der Waals surface area contributed by atoms with Gasteiger partial charge < -0.3 is 10.2 Å². The molecule has 0 radical (unpaired) electrons. The Kier molecular flexibility index (Phi) is 32.5. The molecule has 0 aromatic heterocycles. The van der Waals surface area contributed by atoms with Crippen LogP contribution < -0.4 is 0 Å². The third kappa shape index (κ3) is 119. The maximum absolute atomic E-state index is 8.56. The first-order chi connectivity index (χ1) is 3.15.